The summed E-state index contributed by atoms with van der Waals surface area (Å²) in [5.74, 6) is 1.38. The molecule has 0 fully saturated rings. The molecule has 1 N–H and O–H groups in total. The van der Waals surface area contributed by atoms with Gasteiger partial charge in [0.1, 0.15) is 11.5 Å². The van der Waals surface area contributed by atoms with Gasteiger partial charge in [0.25, 0.3) is 5.91 Å². The number of aryl methyl sites for hydroxylation is 1. The molecular weight excluding hydrogens is 302 g/mol. The summed E-state index contributed by atoms with van der Waals surface area (Å²) in [4.78, 5) is 12.6. The van der Waals surface area contributed by atoms with Crippen LogP contribution in [0.4, 0.5) is 0 Å². The molecule has 0 radical (unpaired) electrons. The molecule has 0 saturated carbocycles. The summed E-state index contributed by atoms with van der Waals surface area (Å²) < 4.78 is 11.3. The lowest BCUT2D eigenvalue weighted by atomic mass is 10.1. The van der Waals surface area contributed by atoms with E-state index in [1.807, 2.05) is 69.3 Å². The van der Waals surface area contributed by atoms with Gasteiger partial charge in [-0.3, -0.25) is 4.79 Å². The van der Waals surface area contributed by atoms with Crippen molar-refractivity contribution in [1.29, 1.82) is 0 Å². The van der Waals surface area contributed by atoms with Gasteiger partial charge in [-0.15, -0.1) is 0 Å². The number of carbonyl (C=O) groups excluding carboxylic acids is 1. The van der Waals surface area contributed by atoms with Crippen molar-refractivity contribution in [3.63, 3.8) is 0 Å². The number of amides is 1. The van der Waals surface area contributed by atoms with Gasteiger partial charge in [0.15, 0.2) is 6.10 Å². The fraction of sp³-hybridized carbons (Fsp3) is 0.350. The molecule has 0 aliphatic heterocycles. The number of rotatable bonds is 7. The molecule has 24 heavy (non-hydrogen) atoms. The topological polar surface area (TPSA) is 47.6 Å². The van der Waals surface area contributed by atoms with Crippen molar-refractivity contribution in [2.45, 2.75) is 39.3 Å². The molecule has 2 atom stereocenters. The van der Waals surface area contributed by atoms with Crippen LogP contribution in [0.5, 0.6) is 11.5 Å². The highest BCUT2D eigenvalue weighted by molar-refractivity contribution is 5.81. The first-order valence-electron chi connectivity index (χ1n) is 8.22. The molecule has 2 aromatic rings. The van der Waals surface area contributed by atoms with Crippen LogP contribution < -0.4 is 14.8 Å². The summed E-state index contributed by atoms with van der Waals surface area (Å²) in [7, 11) is 1.63. The van der Waals surface area contributed by atoms with Gasteiger partial charge in [0.05, 0.1) is 13.2 Å². The first-order chi connectivity index (χ1) is 11.6. The van der Waals surface area contributed by atoms with Gasteiger partial charge in [0.2, 0.25) is 0 Å². The average molecular weight is 327 g/mol. The quantitative estimate of drug-likeness (QED) is 0.835. The molecule has 0 aliphatic rings. The average Bonchev–Trinajstić information content (AvgIpc) is 2.60. The van der Waals surface area contributed by atoms with Gasteiger partial charge < -0.3 is 14.8 Å². The number of carbonyl (C=O) groups is 1. The van der Waals surface area contributed by atoms with Crippen molar-refractivity contribution in [3.05, 3.63) is 59.7 Å². The number of methoxy groups -OCH3 is 1. The van der Waals surface area contributed by atoms with Crippen LogP contribution in [0.1, 0.15) is 37.4 Å². The minimum atomic E-state index is -0.525. The van der Waals surface area contributed by atoms with E-state index in [-0.39, 0.29) is 11.9 Å². The molecule has 0 bridgehead atoms. The van der Waals surface area contributed by atoms with E-state index in [4.69, 9.17) is 9.47 Å². The summed E-state index contributed by atoms with van der Waals surface area (Å²) >= 11 is 0. The van der Waals surface area contributed by atoms with E-state index < -0.39 is 6.10 Å². The smallest absolute Gasteiger partial charge is 0.261 e. The monoisotopic (exact) mass is 327 g/mol. The zero-order valence-corrected chi connectivity index (χ0v) is 14.7. The molecule has 128 valence electrons. The molecule has 1 amide bonds. The molecule has 4 heteroatoms. The third-order valence-corrected chi connectivity index (χ3v) is 3.99. The third-order valence-electron chi connectivity index (χ3n) is 3.99. The van der Waals surface area contributed by atoms with E-state index in [1.165, 1.54) is 0 Å². The van der Waals surface area contributed by atoms with E-state index in [0.717, 1.165) is 22.6 Å². The Bertz CT molecular complexity index is 684. The maximum absolute atomic E-state index is 12.6. The van der Waals surface area contributed by atoms with E-state index in [1.54, 1.807) is 7.11 Å². The third kappa shape index (κ3) is 4.28. The van der Waals surface area contributed by atoms with Crippen LogP contribution >= 0.6 is 0 Å². The Morgan fingerprint density at radius 1 is 1.08 bits per heavy atom. The fourth-order valence-corrected chi connectivity index (χ4v) is 2.57. The Morgan fingerprint density at radius 2 is 1.71 bits per heavy atom. The highest BCUT2D eigenvalue weighted by Crippen LogP contribution is 2.25. The second-order valence-electron chi connectivity index (χ2n) is 5.75. The van der Waals surface area contributed by atoms with Gasteiger partial charge in [-0.25, -0.2) is 0 Å². The molecule has 2 aromatic carbocycles. The van der Waals surface area contributed by atoms with Gasteiger partial charge >= 0.3 is 0 Å². The molecule has 0 spiro atoms. The Morgan fingerprint density at radius 3 is 2.33 bits per heavy atom. The Balaban J connectivity index is 2.07. The van der Waals surface area contributed by atoms with Crippen molar-refractivity contribution < 1.29 is 14.3 Å². The molecule has 4 nitrogen and oxygen atoms in total. The Labute approximate surface area is 143 Å². The predicted molar refractivity (Wildman–Crippen MR) is 95.4 cm³/mol. The first-order valence-corrected chi connectivity index (χ1v) is 8.22. The molecular formula is C20H25NO3. The van der Waals surface area contributed by atoms with Crippen molar-refractivity contribution in [3.8, 4) is 11.5 Å². The summed E-state index contributed by atoms with van der Waals surface area (Å²) in [6.45, 7) is 5.85. The van der Waals surface area contributed by atoms with Crippen molar-refractivity contribution in [2.24, 2.45) is 0 Å². The van der Waals surface area contributed by atoms with Gasteiger partial charge in [0, 0.05) is 5.56 Å². The number of nitrogens with one attached hydrogen (secondary N) is 1. The lowest BCUT2D eigenvalue weighted by molar-refractivity contribution is -0.128. The maximum Gasteiger partial charge on any atom is 0.261 e. The lowest BCUT2D eigenvalue weighted by Gasteiger charge is -2.22. The highest BCUT2D eigenvalue weighted by Gasteiger charge is 2.22. The van der Waals surface area contributed by atoms with Crippen molar-refractivity contribution in [1.82, 2.24) is 5.32 Å². The largest absolute Gasteiger partial charge is 0.496 e. The number of hydrogen-bond acceptors (Lipinski definition) is 3. The molecule has 0 heterocycles. The van der Waals surface area contributed by atoms with Crippen LogP contribution in [0.3, 0.4) is 0 Å². The minimum absolute atomic E-state index is 0.126. The van der Waals surface area contributed by atoms with Crippen LogP contribution in [0, 0.1) is 6.92 Å². The summed E-state index contributed by atoms with van der Waals surface area (Å²) in [6, 6.07) is 15.2. The lowest BCUT2D eigenvalue weighted by Crippen LogP contribution is -2.39. The first kappa shape index (κ1) is 17.9. The molecule has 0 unspecified atom stereocenters. The summed E-state index contributed by atoms with van der Waals surface area (Å²) in [5.41, 5.74) is 1.96. The number of benzene rings is 2. The van der Waals surface area contributed by atoms with Crippen LogP contribution in [0.25, 0.3) is 0 Å². The number of hydrogen-bond donors (Lipinski definition) is 1. The molecule has 0 aliphatic carbocycles. The Kier molecular flexibility index (Phi) is 6.24. The Hall–Kier alpha value is -2.49. The predicted octanol–water partition coefficient (Wildman–Crippen LogP) is 4.04. The van der Waals surface area contributed by atoms with E-state index in [9.17, 15) is 4.79 Å². The second kappa shape index (κ2) is 8.39. The summed E-state index contributed by atoms with van der Waals surface area (Å²) in [5, 5.41) is 3.02. The second-order valence-corrected chi connectivity index (χ2v) is 5.75. The van der Waals surface area contributed by atoms with Gasteiger partial charge in [-0.1, -0.05) is 43.3 Å². The minimum Gasteiger partial charge on any atom is -0.496 e. The van der Waals surface area contributed by atoms with E-state index in [0.29, 0.717) is 6.42 Å². The standard InChI is InChI=1S/C20H25NO3/c1-5-17(24-18-12-8-6-10-14(18)2)20(22)21-15(3)16-11-7-9-13-19(16)23-4/h6-13,15,17H,5H2,1-4H3,(H,21,22)/t15-,17-/m0/s1. The van der Waals surface area contributed by atoms with Gasteiger partial charge in [-0.05, 0) is 38.0 Å². The highest BCUT2D eigenvalue weighted by atomic mass is 16.5. The maximum atomic E-state index is 12.6. The fourth-order valence-electron chi connectivity index (χ4n) is 2.57. The molecule has 0 aromatic heterocycles. The van der Waals surface area contributed by atoms with Crippen molar-refractivity contribution in [2.75, 3.05) is 7.11 Å². The summed E-state index contributed by atoms with van der Waals surface area (Å²) in [6.07, 6.45) is 0.0713. The van der Waals surface area contributed by atoms with Crippen LogP contribution in [0.2, 0.25) is 0 Å². The number of para-hydroxylation sites is 2. The molecule has 2 rings (SSSR count). The van der Waals surface area contributed by atoms with E-state index >= 15 is 0 Å². The van der Waals surface area contributed by atoms with Crippen LogP contribution in [0.15, 0.2) is 48.5 Å². The number of ether oxygens (including phenoxy) is 2. The van der Waals surface area contributed by atoms with Crippen molar-refractivity contribution >= 4 is 5.91 Å². The zero-order chi connectivity index (χ0) is 17.5. The van der Waals surface area contributed by atoms with Crippen LogP contribution in [-0.2, 0) is 4.79 Å². The van der Waals surface area contributed by atoms with E-state index in [2.05, 4.69) is 5.32 Å². The van der Waals surface area contributed by atoms with Gasteiger partial charge in [-0.2, -0.15) is 0 Å². The molecule has 0 saturated heterocycles. The zero-order valence-electron chi connectivity index (χ0n) is 14.7. The SMILES string of the molecule is CC[C@H](Oc1ccccc1C)C(=O)N[C@@H](C)c1ccccc1OC. The van der Waals surface area contributed by atoms with Crippen LogP contribution in [-0.4, -0.2) is 19.1 Å². The normalized spacial score (nSPS) is 13.0.